The molecule has 1 fully saturated rings. The highest BCUT2D eigenvalue weighted by molar-refractivity contribution is 5.75. The van der Waals surface area contributed by atoms with Gasteiger partial charge in [0.05, 0.1) is 0 Å². The van der Waals surface area contributed by atoms with E-state index in [4.69, 9.17) is 0 Å². The fraction of sp³-hybridized carbons (Fsp3) is 0.389. The van der Waals surface area contributed by atoms with E-state index >= 15 is 0 Å². The van der Waals surface area contributed by atoms with E-state index in [1.165, 1.54) is 34.4 Å². The number of amides is 1. The maximum atomic E-state index is 12.1. The van der Waals surface area contributed by atoms with E-state index in [0.29, 0.717) is 24.3 Å². The molecule has 124 valence electrons. The third-order valence-corrected chi connectivity index (χ3v) is 5.24. The average Bonchev–Trinajstić information content (AvgIpc) is 3.29. The van der Waals surface area contributed by atoms with Crippen molar-refractivity contribution < 1.29 is 4.79 Å². The molecule has 6 nitrogen and oxygen atoms in total. The quantitative estimate of drug-likeness (QED) is 0.865. The molecular weight excluding hydrogens is 306 g/mol. The lowest BCUT2D eigenvalue weighted by molar-refractivity contribution is -0.121. The van der Waals surface area contributed by atoms with Gasteiger partial charge < -0.3 is 5.32 Å². The lowest BCUT2D eigenvalue weighted by atomic mass is 9.92. The summed E-state index contributed by atoms with van der Waals surface area (Å²) in [4.78, 5) is 36.8. The predicted octanol–water partition coefficient (Wildman–Crippen LogP) is 0.629. The summed E-state index contributed by atoms with van der Waals surface area (Å²) in [6.45, 7) is 0.564. The summed E-state index contributed by atoms with van der Waals surface area (Å²) >= 11 is 0. The second-order valence-corrected chi connectivity index (χ2v) is 6.63. The van der Waals surface area contributed by atoms with Crippen molar-refractivity contribution in [3.8, 4) is 0 Å². The average molecular weight is 325 g/mol. The SMILES string of the molecule is O=C(Cn1ccc(=O)[nH]c1=O)NC[C@@H]1[C@@H]2CCc3ccccc3[C@@H]12. The van der Waals surface area contributed by atoms with E-state index in [0.717, 1.165) is 6.42 Å². The minimum Gasteiger partial charge on any atom is -0.354 e. The van der Waals surface area contributed by atoms with Crippen molar-refractivity contribution >= 4 is 5.91 Å². The third-order valence-electron chi connectivity index (χ3n) is 5.24. The van der Waals surface area contributed by atoms with E-state index < -0.39 is 11.2 Å². The molecule has 0 unspecified atom stereocenters. The summed E-state index contributed by atoms with van der Waals surface area (Å²) in [7, 11) is 0. The monoisotopic (exact) mass is 325 g/mol. The van der Waals surface area contributed by atoms with Crippen molar-refractivity contribution in [2.75, 3.05) is 6.54 Å². The highest BCUT2D eigenvalue weighted by atomic mass is 16.2. The first-order valence-electron chi connectivity index (χ1n) is 8.28. The molecule has 1 amide bonds. The van der Waals surface area contributed by atoms with Crippen molar-refractivity contribution in [3.05, 3.63) is 68.5 Å². The highest BCUT2D eigenvalue weighted by Crippen LogP contribution is 2.59. The Morgan fingerprint density at radius 1 is 1.25 bits per heavy atom. The minimum absolute atomic E-state index is 0.0751. The lowest BCUT2D eigenvalue weighted by Gasteiger charge is -2.13. The summed E-state index contributed by atoms with van der Waals surface area (Å²) in [5, 5.41) is 2.93. The van der Waals surface area contributed by atoms with Crippen molar-refractivity contribution in [1.82, 2.24) is 14.9 Å². The smallest absolute Gasteiger partial charge is 0.328 e. The molecule has 2 N–H and O–H groups in total. The maximum absolute atomic E-state index is 12.1. The van der Waals surface area contributed by atoms with Gasteiger partial charge in [0.2, 0.25) is 5.91 Å². The van der Waals surface area contributed by atoms with Crippen LogP contribution in [0.5, 0.6) is 0 Å². The first-order valence-corrected chi connectivity index (χ1v) is 8.28. The molecule has 1 heterocycles. The van der Waals surface area contributed by atoms with Crippen molar-refractivity contribution in [1.29, 1.82) is 0 Å². The summed E-state index contributed by atoms with van der Waals surface area (Å²) in [5.41, 5.74) is 1.85. The topological polar surface area (TPSA) is 84.0 Å². The predicted molar refractivity (Wildman–Crippen MR) is 88.8 cm³/mol. The van der Waals surface area contributed by atoms with Crippen LogP contribution in [0, 0.1) is 11.8 Å². The maximum Gasteiger partial charge on any atom is 0.328 e. The van der Waals surface area contributed by atoms with Gasteiger partial charge in [0.15, 0.2) is 0 Å². The Morgan fingerprint density at radius 2 is 2.08 bits per heavy atom. The van der Waals surface area contributed by atoms with Crippen LogP contribution >= 0.6 is 0 Å². The molecule has 2 aliphatic rings. The Kier molecular flexibility index (Phi) is 3.59. The van der Waals surface area contributed by atoms with Crippen LogP contribution in [-0.4, -0.2) is 22.0 Å². The Bertz CT molecular complexity index is 899. The van der Waals surface area contributed by atoms with Gasteiger partial charge >= 0.3 is 5.69 Å². The van der Waals surface area contributed by atoms with Gasteiger partial charge in [-0.3, -0.25) is 19.1 Å². The number of carbonyl (C=O) groups is 1. The third kappa shape index (κ3) is 2.68. The van der Waals surface area contributed by atoms with Crippen molar-refractivity contribution in [3.63, 3.8) is 0 Å². The van der Waals surface area contributed by atoms with Gasteiger partial charge in [-0.25, -0.2) is 4.79 Å². The van der Waals surface area contributed by atoms with Crippen LogP contribution in [0.25, 0.3) is 0 Å². The molecule has 2 aliphatic carbocycles. The van der Waals surface area contributed by atoms with Crippen molar-refractivity contribution in [2.24, 2.45) is 11.8 Å². The fourth-order valence-corrected chi connectivity index (χ4v) is 4.00. The van der Waals surface area contributed by atoms with Gasteiger partial charge in [0.1, 0.15) is 6.54 Å². The summed E-state index contributed by atoms with van der Waals surface area (Å²) in [6.07, 6.45) is 3.64. The molecule has 0 aliphatic heterocycles. The van der Waals surface area contributed by atoms with Gasteiger partial charge in [-0.15, -0.1) is 0 Å². The Balaban J connectivity index is 1.36. The number of aromatic nitrogens is 2. The van der Waals surface area contributed by atoms with E-state index in [2.05, 4.69) is 34.6 Å². The van der Waals surface area contributed by atoms with Crippen molar-refractivity contribution in [2.45, 2.75) is 25.3 Å². The number of hydrogen-bond acceptors (Lipinski definition) is 3. The molecule has 0 saturated heterocycles. The number of fused-ring (bicyclic) bond motifs is 3. The molecular formula is C18H19N3O3. The number of aryl methyl sites for hydroxylation is 1. The minimum atomic E-state index is -0.563. The summed E-state index contributed by atoms with van der Waals surface area (Å²) in [6, 6.07) is 9.80. The lowest BCUT2D eigenvalue weighted by Crippen LogP contribution is -2.36. The molecule has 4 rings (SSSR count). The van der Waals surface area contributed by atoms with E-state index in [1.54, 1.807) is 0 Å². The van der Waals surface area contributed by atoms with Gasteiger partial charge in [0.25, 0.3) is 5.56 Å². The van der Waals surface area contributed by atoms with Crippen LogP contribution in [0.4, 0.5) is 0 Å². The first kappa shape index (κ1) is 14.9. The number of carbonyl (C=O) groups excluding carboxylic acids is 1. The molecule has 0 spiro atoms. The Labute approximate surface area is 138 Å². The van der Waals surface area contributed by atoms with Crippen LogP contribution in [0.2, 0.25) is 0 Å². The number of H-pyrrole nitrogens is 1. The molecule has 1 aromatic carbocycles. The molecule has 3 atom stereocenters. The standard InChI is InChI=1S/C18H19N3O3/c22-15-7-8-21(18(24)20-15)10-16(23)19-9-14-13-6-5-11-3-1-2-4-12(11)17(13)14/h1-4,7-8,13-14,17H,5-6,9-10H2,(H,19,23)(H,20,22,24)/t13-,14+,17+/m0/s1. The Morgan fingerprint density at radius 3 is 2.92 bits per heavy atom. The normalized spacial score (nSPS) is 23.9. The zero-order valence-corrected chi connectivity index (χ0v) is 13.2. The molecule has 24 heavy (non-hydrogen) atoms. The molecule has 1 aromatic heterocycles. The number of hydrogen-bond donors (Lipinski definition) is 2. The van der Waals surface area contributed by atoms with Gasteiger partial charge in [0, 0.05) is 18.8 Å². The van der Waals surface area contributed by atoms with Gasteiger partial charge in [-0.05, 0) is 41.7 Å². The van der Waals surface area contributed by atoms with E-state index in [1.807, 2.05) is 0 Å². The molecule has 0 bridgehead atoms. The van der Waals surface area contributed by atoms with Crippen LogP contribution in [-0.2, 0) is 17.8 Å². The number of rotatable bonds is 4. The molecule has 1 saturated carbocycles. The van der Waals surface area contributed by atoms with E-state index in [9.17, 15) is 14.4 Å². The number of aromatic amines is 1. The molecule has 0 radical (unpaired) electrons. The molecule has 2 aromatic rings. The van der Waals surface area contributed by atoms with Crippen LogP contribution in [0.3, 0.4) is 0 Å². The number of nitrogens with one attached hydrogen (secondary N) is 2. The van der Waals surface area contributed by atoms with Crippen LogP contribution < -0.4 is 16.6 Å². The Hall–Kier alpha value is -2.63. The summed E-state index contributed by atoms with van der Waals surface area (Å²) < 4.78 is 1.20. The van der Waals surface area contributed by atoms with Gasteiger partial charge in [-0.2, -0.15) is 0 Å². The van der Waals surface area contributed by atoms with Crippen LogP contribution in [0.1, 0.15) is 23.5 Å². The number of benzene rings is 1. The highest BCUT2D eigenvalue weighted by Gasteiger charge is 2.52. The number of nitrogens with zero attached hydrogens (tertiary/aromatic N) is 1. The largest absolute Gasteiger partial charge is 0.354 e. The zero-order valence-electron chi connectivity index (χ0n) is 13.2. The fourth-order valence-electron chi connectivity index (χ4n) is 4.00. The second kappa shape index (κ2) is 5.78. The summed E-state index contributed by atoms with van der Waals surface area (Å²) in [5.74, 6) is 1.51. The second-order valence-electron chi connectivity index (χ2n) is 6.63. The first-order chi connectivity index (χ1) is 11.6. The zero-order chi connectivity index (χ0) is 16.7. The van der Waals surface area contributed by atoms with Crippen LogP contribution in [0.15, 0.2) is 46.1 Å². The molecule has 6 heteroatoms. The van der Waals surface area contributed by atoms with Gasteiger partial charge in [-0.1, -0.05) is 24.3 Å². The van der Waals surface area contributed by atoms with E-state index in [-0.39, 0.29) is 12.5 Å².